The molecule has 2 nitrogen and oxygen atoms in total. The number of fused-ring (bicyclic) bond motifs is 1. The van der Waals surface area contributed by atoms with Crippen LogP contribution in [0.25, 0.3) is 0 Å². The summed E-state index contributed by atoms with van der Waals surface area (Å²) in [7, 11) is 0. The maximum atomic E-state index is 11.7. The maximum absolute atomic E-state index is 11.7. The predicted molar refractivity (Wildman–Crippen MR) is 60.9 cm³/mol. The van der Waals surface area contributed by atoms with E-state index in [4.69, 9.17) is 11.6 Å². The van der Waals surface area contributed by atoms with E-state index in [1.54, 1.807) is 0 Å². The van der Waals surface area contributed by atoms with Gasteiger partial charge in [-0.25, -0.2) is 0 Å². The standard InChI is InChI=1S/C12H12ClNO/c1-8(13)7-14-12(15)11-6-9-4-2-3-5-10(9)11/h2-5,11H,1,6-7H2,(H,14,15). The summed E-state index contributed by atoms with van der Waals surface area (Å²) in [6.45, 7) is 3.87. The van der Waals surface area contributed by atoms with Gasteiger partial charge in [0.25, 0.3) is 0 Å². The van der Waals surface area contributed by atoms with Crippen molar-refractivity contribution < 1.29 is 4.79 Å². The molecule has 0 aromatic heterocycles. The maximum Gasteiger partial charge on any atom is 0.228 e. The van der Waals surface area contributed by atoms with Crippen LogP contribution in [-0.2, 0) is 11.2 Å². The minimum atomic E-state index is -0.00258. The van der Waals surface area contributed by atoms with E-state index in [1.807, 2.05) is 18.2 Å². The molecule has 0 bridgehead atoms. The van der Waals surface area contributed by atoms with E-state index in [9.17, 15) is 4.79 Å². The molecule has 0 aliphatic heterocycles. The Hall–Kier alpha value is -1.28. The van der Waals surface area contributed by atoms with Crippen LogP contribution < -0.4 is 5.32 Å². The van der Waals surface area contributed by atoms with Crippen molar-refractivity contribution in [1.82, 2.24) is 5.32 Å². The number of benzene rings is 1. The molecule has 1 unspecified atom stereocenters. The molecule has 1 aliphatic rings. The number of nitrogens with one attached hydrogen (secondary N) is 1. The Kier molecular flexibility index (Phi) is 2.78. The average Bonchev–Trinajstić information content (AvgIpc) is 2.17. The minimum Gasteiger partial charge on any atom is -0.351 e. The lowest BCUT2D eigenvalue weighted by Crippen LogP contribution is -2.35. The van der Waals surface area contributed by atoms with Gasteiger partial charge >= 0.3 is 0 Å². The average molecular weight is 222 g/mol. The second kappa shape index (κ2) is 4.07. The lowest BCUT2D eigenvalue weighted by atomic mass is 9.77. The fourth-order valence-electron chi connectivity index (χ4n) is 1.80. The van der Waals surface area contributed by atoms with Gasteiger partial charge in [-0.15, -0.1) is 0 Å². The van der Waals surface area contributed by atoms with Crippen LogP contribution in [0.2, 0.25) is 0 Å². The SMILES string of the molecule is C=C(Cl)CNC(=O)C1Cc2ccccc21. The Morgan fingerprint density at radius 2 is 2.27 bits per heavy atom. The van der Waals surface area contributed by atoms with Gasteiger partial charge in [-0.1, -0.05) is 42.4 Å². The quantitative estimate of drug-likeness (QED) is 0.833. The summed E-state index contributed by atoms with van der Waals surface area (Å²) in [6.07, 6.45) is 0.830. The van der Waals surface area contributed by atoms with Crippen LogP contribution in [0.4, 0.5) is 0 Å². The van der Waals surface area contributed by atoms with E-state index in [2.05, 4.69) is 18.0 Å². The number of carbonyl (C=O) groups is 1. The normalized spacial score (nSPS) is 17.5. The lowest BCUT2D eigenvalue weighted by molar-refractivity contribution is -0.122. The van der Waals surface area contributed by atoms with Crippen LogP contribution >= 0.6 is 11.6 Å². The molecule has 2 rings (SSSR count). The second-order valence-electron chi connectivity index (χ2n) is 3.69. The summed E-state index contributed by atoms with van der Waals surface area (Å²) in [5.41, 5.74) is 2.40. The largest absolute Gasteiger partial charge is 0.351 e. The number of amides is 1. The van der Waals surface area contributed by atoms with Crippen molar-refractivity contribution in [3.05, 3.63) is 47.0 Å². The highest BCUT2D eigenvalue weighted by atomic mass is 35.5. The first-order valence-electron chi connectivity index (χ1n) is 4.87. The first-order valence-corrected chi connectivity index (χ1v) is 5.25. The highest BCUT2D eigenvalue weighted by Crippen LogP contribution is 2.34. The van der Waals surface area contributed by atoms with Gasteiger partial charge in [0.1, 0.15) is 0 Å². The Balaban J connectivity index is 1.98. The Bertz CT molecular complexity index is 414. The Morgan fingerprint density at radius 1 is 1.53 bits per heavy atom. The smallest absolute Gasteiger partial charge is 0.228 e. The van der Waals surface area contributed by atoms with E-state index < -0.39 is 0 Å². The molecule has 1 amide bonds. The fraction of sp³-hybridized carbons (Fsp3) is 0.250. The molecule has 0 saturated carbocycles. The molecule has 15 heavy (non-hydrogen) atoms. The molecule has 0 radical (unpaired) electrons. The summed E-state index contributed by atoms with van der Waals surface area (Å²) in [5, 5.41) is 3.21. The van der Waals surface area contributed by atoms with Gasteiger partial charge in [0, 0.05) is 5.03 Å². The first-order chi connectivity index (χ1) is 7.18. The van der Waals surface area contributed by atoms with Crippen LogP contribution in [0.3, 0.4) is 0 Å². The molecule has 3 heteroatoms. The van der Waals surface area contributed by atoms with Crippen LogP contribution in [0.1, 0.15) is 17.0 Å². The van der Waals surface area contributed by atoms with E-state index >= 15 is 0 Å². The number of halogens is 1. The fourth-order valence-corrected chi connectivity index (χ4v) is 1.87. The van der Waals surface area contributed by atoms with Crippen LogP contribution in [0.15, 0.2) is 35.9 Å². The van der Waals surface area contributed by atoms with Gasteiger partial charge in [-0.3, -0.25) is 4.79 Å². The van der Waals surface area contributed by atoms with Crippen molar-refractivity contribution in [3.63, 3.8) is 0 Å². The van der Waals surface area contributed by atoms with Crippen LogP contribution in [0.5, 0.6) is 0 Å². The Morgan fingerprint density at radius 3 is 2.93 bits per heavy atom. The van der Waals surface area contributed by atoms with Gasteiger partial charge in [-0.2, -0.15) is 0 Å². The van der Waals surface area contributed by atoms with E-state index in [0.29, 0.717) is 11.6 Å². The molecule has 1 aromatic carbocycles. The van der Waals surface area contributed by atoms with Crippen LogP contribution in [-0.4, -0.2) is 12.5 Å². The van der Waals surface area contributed by atoms with Crippen molar-refractivity contribution in [2.45, 2.75) is 12.3 Å². The molecule has 0 heterocycles. The number of carbonyl (C=O) groups excluding carboxylic acids is 1. The molecule has 0 spiro atoms. The summed E-state index contributed by atoms with van der Waals surface area (Å²) < 4.78 is 0. The van der Waals surface area contributed by atoms with Crippen molar-refractivity contribution in [2.75, 3.05) is 6.54 Å². The third kappa shape index (κ3) is 2.05. The number of hydrogen-bond acceptors (Lipinski definition) is 1. The van der Waals surface area contributed by atoms with E-state index in [0.717, 1.165) is 12.0 Å². The Labute approximate surface area is 93.9 Å². The number of hydrogen-bond donors (Lipinski definition) is 1. The van der Waals surface area contributed by atoms with Gasteiger partial charge in [-0.05, 0) is 17.5 Å². The molecular formula is C12H12ClNO. The molecule has 0 saturated heterocycles. The molecule has 0 fully saturated rings. The minimum absolute atomic E-state index is 0.00258. The topological polar surface area (TPSA) is 29.1 Å². The highest BCUT2D eigenvalue weighted by Gasteiger charge is 2.31. The first kappa shape index (κ1) is 10.2. The summed E-state index contributed by atoms with van der Waals surface area (Å²) in [6, 6.07) is 8.00. The van der Waals surface area contributed by atoms with Crippen molar-refractivity contribution in [2.24, 2.45) is 0 Å². The molecular weight excluding hydrogens is 210 g/mol. The third-order valence-corrected chi connectivity index (χ3v) is 2.76. The lowest BCUT2D eigenvalue weighted by Gasteiger charge is -2.28. The van der Waals surface area contributed by atoms with Gasteiger partial charge in [0.05, 0.1) is 12.5 Å². The van der Waals surface area contributed by atoms with Gasteiger partial charge < -0.3 is 5.32 Å². The van der Waals surface area contributed by atoms with E-state index in [1.165, 1.54) is 5.56 Å². The summed E-state index contributed by atoms with van der Waals surface area (Å²) in [4.78, 5) is 11.7. The van der Waals surface area contributed by atoms with Crippen LogP contribution in [0, 0.1) is 0 Å². The molecule has 1 aromatic rings. The predicted octanol–water partition coefficient (Wildman–Crippen LogP) is 2.20. The van der Waals surface area contributed by atoms with Crippen molar-refractivity contribution in [3.8, 4) is 0 Å². The summed E-state index contributed by atoms with van der Waals surface area (Å²) >= 11 is 5.58. The van der Waals surface area contributed by atoms with Gasteiger partial charge in [0.2, 0.25) is 5.91 Å². The second-order valence-corrected chi connectivity index (χ2v) is 4.23. The summed E-state index contributed by atoms with van der Waals surface area (Å²) in [5.74, 6) is 0.0349. The zero-order valence-corrected chi connectivity index (χ0v) is 9.05. The van der Waals surface area contributed by atoms with Crippen molar-refractivity contribution >= 4 is 17.5 Å². The third-order valence-electron chi connectivity index (χ3n) is 2.63. The molecule has 78 valence electrons. The zero-order valence-electron chi connectivity index (χ0n) is 8.29. The van der Waals surface area contributed by atoms with E-state index in [-0.39, 0.29) is 11.8 Å². The molecule has 1 aliphatic carbocycles. The van der Waals surface area contributed by atoms with Crippen molar-refractivity contribution in [1.29, 1.82) is 0 Å². The number of rotatable bonds is 3. The van der Waals surface area contributed by atoms with Gasteiger partial charge in [0.15, 0.2) is 0 Å². The monoisotopic (exact) mass is 221 g/mol. The molecule has 1 atom stereocenters. The highest BCUT2D eigenvalue weighted by molar-refractivity contribution is 6.29. The molecule has 1 N–H and O–H groups in total. The zero-order chi connectivity index (χ0) is 10.8.